The van der Waals surface area contributed by atoms with Crippen LogP contribution in [0.4, 0.5) is 0 Å². The van der Waals surface area contributed by atoms with Crippen molar-refractivity contribution in [3.8, 4) is 5.69 Å². The summed E-state index contributed by atoms with van der Waals surface area (Å²) in [6, 6.07) is 7.60. The molecule has 1 aromatic carbocycles. The third-order valence-electron chi connectivity index (χ3n) is 2.52. The van der Waals surface area contributed by atoms with Crippen LogP contribution in [-0.4, -0.2) is 15.3 Å². The van der Waals surface area contributed by atoms with Crippen LogP contribution in [0.25, 0.3) is 5.69 Å². The van der Waals surface area contributed by atoms with E-state index in [9.17, 15) is 4.79 Å². The Morgan fingerprint density at radius 2 is 2.12 bits per heavy atom. The Bertz CT molecular complexity index is 514. The molecule has 0 fully saturated rings. The van der Waals surface area contributed by atoms with Crippen molar-refractivity contribution in [1.29, 1.82) is 0 Å². The maximum Gasteiger partial charge on any atom is 0.164 e. The predicted octanol–water partition coefficient (Wildman–Crippen LogP) is 2.77. The lowest BCUT2D eigenvalue weighted by molar-refractivity contribution is 0.0988. The summed E-state index contributed by atoms with van der Waals surface area (Å²) in [6.07, 6.45) is 4.17. The van der Waals surface area contributed by atoms with Crippen LogP contribution in [0.15, 0.2) is 36.8 Å². The van der Waals surface area contributed by atoms with Gasteiger partial charge in [0.05, 0.1) is 17.7 Å². The summed E-state index contributed by atoms with van der Waals surface area (Å²) in [6.45, 7) is 3.80. The van der Waals surface area contributed by atoms with Crippen LogP contribution in [0.2, 0.25) is 0 Å². The molecule has 16 heavy (non-hydrogen) atoms. The Labute approximate surface area is 94.7 Å². The molecule has 0 N–H and O–H groups in total. The van der Waals surface area contributed by atoms with Gasteiger partial charge in [0.25, 0.3) is 0 Å². The third-order valence-corrected chi connectivity index (χ3v) is 2.52. The quantitative estimate of drug-likeness (QED) is 0.736. The van der Waals surface area contributed by atoms with E-state index in [1.165, 1.54) is 0 Å². The maximum absolute atomic E-state index is 11.8. The second-order valence-corrected chi connectivity index (χ2v) is 3.72. The Balaban J connectivity index is 2.52. The van der Waals surface area contributed by atoms with Gasteiger partial charge in [-0.3, -0.25) is 4.79 Å². The second-order valence-electron chi connectivity index (χ2n) is 3.72. The van der Waals surface area contributed by atoms with Crippen LogP contribution in [-0.2, 0) is 0 Å². The molecule has 1 aromatic heterocycles. The van der Waals surface area contributed by atoms with E-state index >= 15 is 0 Å². The molecule has 0 aliphatic heterocycles. The number of hydrogen-bond acceptors (Lipinski definition) is 2. The Kier molecular flexibility index (Phi) is 2.86. The SMILES string of the molecule is CCC(=O)c1ccccc1-n1cnc(C)c1. The first-order valence-corrected chi connectivity index (χ1v) is 5.35. The van der Waals surface area contributed by atoms with Crippen molar-refractivity contribution < 1.29 is 4.79 Å². The van der Waals surface area contributed by atoms with Crippen molar-refractivity contribution >= 4 is 5.78 Å². The number of imidazole rings is 1. The maximum atomic E-state index is 11.8. The highest BCUT2D eigenvalue weighted by atomic mass is 16.1. The molecule has 0 amide bonds. The lowest BCUT2D eigenvalue weighted by Crippen LogP contribution is -2.03. The summed E-state index contributed by atoms with van der Waals surface area (Å²) in [5, 5.41) is 0. The standard InChI is InChI=1S/C13H14N2O/c1-3-13(16)11-6-4-5-7-12(11)15-8-10(2)14-9-15/h4-9H,3H2,1-2H3. The molecule has 2 rings (SSSR count). The van der Waals surface area contributed by atoms with Gasteiger partial charge in [-0.15, -0.1) is 0 Å². The molecule has 0 spiro atoms. The molecule has 3 heteroatoms. The van der Waals surface area contributed by atoms with Gasteiger partial charge in [0.1, 0.15) is 0 Å². The molecule has 0 radical (unpaired) electrons. The highest BCUT2D eigenvalue weighted by Crippen LogP contribution is 2.16. The predicted molar refractivity (Wildman–Crippen MR) is 62.9 cm³/mol. The van der Waals surface area contributed by atoms with Gasteiger partial charge in [-0.25, -0.2) is 4.98 Å². The highest BCUT2D eigenvalue weighted by molar-refractivity contribution is 5.99. The van der Waals surface area contributed by atoms with Crippen molar-refractivity contribution in [2.24, 2.45) is 0 Å². The summed E-state index contributed by atoms with van der Waals surface area (Å²) >= 11 is 0. The fourth-order valence-electron chi connectivity index (χ4n) is 1.68. The molecule has 3 nitrogen and oxygen atoms in total. The van der Waals surface area contributed by atoms with E-state index in [2.05, 4.69) is 4.98 Å². The summed E-state index contributed by atoms with van der Waals surface area (Å²) in [5.74, 6) is 0.155. The van der Waals surface area contributed by atoms with Gasteiger partial charge in [0.2, 0.25) is 0 Å². The molecule has 0 saturated carbocycles. The van der Waals surface area contributed by atoms with Crippen molar-refractivity contribution in [3.05, 3.63) is 48.0 Å². The normalized spacial score (nSPS) is 10.4. The van der Waals surface area contributed by atoms with Crippen molar-refractivity contribution in [3.63, 3.8) is 0 Å². The van der Waals surface area contributed by atoms with Gasteiger partial charge < -0.3 is 4.57 Å². The Hall–Kier alpha value is -1.90. The molecule has 0 saturated heterocycles. The molecule has 0 atom stereocenters. The molecule has 0 unspecified atom stereocenters. The number of rotatable bonds is 3. The van der Waals surface area contributed by atoms with Crippen LogP contribution >= 0.6 is 0 Å². The molecular weight excluding hydrogens is 200 g/mol. The molecule has 0 bridgehead atoms. The van der Waals surface area contributed by atoms with Gasteiger partial charge in [-0.1, -0.05) is 19.1 Å². The van der Waals surface area contributed by atoms with Crippen molar-refractivity contribution in [2.45, 2.75) is 20.3 Å². The highest BCUT2D eigenvalue weighted by Gasteiger charge is 2.10. The molecule has 1 heterocycles. The number of hydrogen-bond donors (Lipinski definition) is 0. The number of carbonyl (C=O) groups is 1. The largest absolute Gasteiger partial charge is 0.305 e. The number of carbonyl (C=O) groups excluding carboxylic acids is 1. The van der Waals surface area contributed by atoms with Gasteiger partial charge in [-0.2, -0.15) is 0 Å². The topological polar surface area (TPSA) is 34.9 Å². The fraction of sp³-hybridized carbons (Fsp3) is 0.231. The number of nitrogens with zero attached hydrogens (tertiary/aromatic N) is 2. The average molecular weight is 214 g/mol. The van der Waals surface area contributed by atoms with Gasteiger partial charge >= 0.3 is 0 Å². The molecule has 82 valence electrons. The summed E-state index contributed by atoms with van der Waals surface area (Å²) in [4.78, 5) is 16.0. The number of aryl methyl sites for hydroxylation is 1. The van der Waals surface area contributed by atoms with Crippen LogP contribution in [0.5, 0.6) is 0 Å². The summed E-state index contributed by atoms with van der Waals surface area (Å²) in [5.41, 5.74) is 2.59. The molecule has 0 aliphatic carbocycles. The minimum absolute atomic E-state index is 0.155. The zero-order valence-corrected chi connectivity index (χ0v) is 9.47. The second kappa shape index (κ2) is 4.31. The van der Waals surface area contributed by atoms with E-state index in [1.54, 1.807) is 6.33 Å². The summed E-state index contributed by atoms with van der Waals surface area (Å²) < 4.78 is 1.89. The van der Waals surface area contributed by atoms with Crippen LogP contribution in [0.3, 0.4) is 0 Å². The number of ketones is 1. The monoisotopic (exact) mass is 214 g/mol. The van der Waals surface area contributed by atoms with Gasteiger partial charge in [0, 0.05) is 18.2 Å². The number of benzene rings is 1. The smallest absolute Gasteiger partial charge is 0.164 e. The van der Waals surface area contributed by atoms with E-state index < -0.39 is 0 Å². The van der Waals surface area contributed by atoms with Crippen molar-refractivity contribution in [2.75, 3.05) is 0 Å². The Morgan fingerprint density at radius 1 is 1.38 bits per heavy atom. The van der Waals surface area contributed by atoms with E-state index in [-0.39, 0.29) is 5.78 Å². The fourth-order valence-corrected chi connectivity index (χ4v) is 1.68. The van der Waals surface area contributed by atoms with Crippen LogP contribution in [0.1, 0.15) is 29.4 Å². The Morgan fingerprint density at radius 3 is 2.75 bits per heavy atom. The van der Waals surface area contributed by atoms with Crippen LogP contribution < -0.4 is 0 Å². The molecular formula is C13H14N2O. The van der Waals surface area contributed by atoms with Crippen LogP contribution in [0, 0.1) is 6.92 Å². The number of aromatic nitrogens is 2. The molecule has 0 aliphatic rings. The average Bonchev–Trinajstić information content (AvgIpc) is 2.75. The van der Waals surface area contributed by atoms with E-state index in [1.807, 2.05) is 48.9 Å². The van der Waals surface area contributed by atoms with Gasteiger partial charge in [0.15, 0.2) is 5.78 Å². The number of Topliss-reactive ketones (excluding diaryl/α,β-unsaturated/α-hetero) is 1. The summed E-state index contributed by atoms with van der Waals surface area (Å²) in [7, 11) is 0. The van der Waals surface area contributed by atoms with Gasteiger partial charge in [-0.05, 0) is 19.1 Å². The number of para-hydroxylation sites is 1. The third kappa shape index (κ3) is 1.89. The van der Waals surface area contributed by atoms with Crippen molar-refractivity contribution in [1.82, 2.24) is 9.55 Å². The minimum atomic E-state index is 0.155. The van der Waals surface area contributed by atoms with E-state index in [0.29, 0.717) is 6.42 Å². The first-order valence-electron chi connectivity index (χ1n) is 5.35. The first-order chi connectivity index (χ1) is 7.72. The first kappa shape index (κ1) is 10.6. The lowest BCUT2D eigenvalue weighted by Gasteiger charge is -2.07. The van der Waals surface area contributed by atoms with E-state index in [4.69, 9.17) is 0 Å². The minimum Gasteiger partial charge on any atom is -0.305 e. The zero-order valence-electron chi connectivity index (χ0n) is 9.47. The molecule has 2 aromatic rings. The zero-order chi connectivity index (χ0) is 11.5. The van der Waals surface area contributed by atoms with E-state index in [0.717, 1.165) is 16.9 Å². The lowest BCUT2D eigenvalue weighted by atomic mass is 10.1.